The van der Waals surface area contributed by atoms with Gasteiger partial charge in [0.05, 0.1) is 48.5 Å². The van der Waals surface area contributed by atoms with Crippen LogP contribution < -0.4 is 5.32 Å². The van der Waals surface area contributed by atoms with Crippen molar-refractivity contribution in [1.82, 2.24) is 10.2 Å². The second-order valence-electron chi connectivity index (χ2n) is 33.4. The molecule has 87 heavy (non-hydrogen) atoms. The van der Waals surface area contributed by atoms with Crippen molar-refractivity contribution in [2.75, 3.05) is 26.4 Å². The summed E-state index contributed by atoms with van der Waals surface area (Å²) in [5.41, 5.74) is -3.87. The molecule has 0 amide bonds. The smallest absolute Gasteiger partial charge is 0.339 e. The lowest BCUT2D eigenvalue weighted by molar-refractivity contribution is -0.301. The molecule has 1 aromatic heterocycles. The number of carbonyl (C=O) groups excluding carboxylic acids is 3. The summed E-state index contributed by atoms with van der Waals surface area (Å²) in [4.78, 5) is 51.9. The van der Waals surface area contributed by atoms with Crippen molar-refractivity contribution < 1.29 is 53.1 Å². The van der Waals surface area contributed by atoms with Gasteiger partial charge >= 0.3 is 11.9 Å². The highest BCUT2D eigenvalue weighted by atomic mass is 16.7. The van der Waals surface area contributed by atoms with Crippen LogP contribution in [-0.2, 0) is 46.2 Å². The Morgan fingerprint density at radius 3 is 2.55 bits per heavy atom. The predicted molar refractivity (Wildman–Crippen MR) is 319 cm³/mol. The molecular formula is C74H94N2O11. The number of hydrogen-bond donors (Lipinski definition) is 4. The zero-order chi connectivity index (χ0) is 58.6. The van der Waals surface area contributed by atoms with E-state index in [0.29, 0.717) is 48.3 Å². The Morgan fingerprint density at radius 1 is 0.828 bits per heavy atom. The van der Waals surface area contributed by atoms with Gasteiger partial charge in [0, 0.05) is 41.3 Å². The molecule has 1 aromatic carbocycles. The highest BCUT2D eigenvalue weighted by molar-refractivity contribution is 5.94. The van der Waals surface area contributed by atoms with Gasteiger partial charge in [0.25, 0.3) is 0 Å². The van der Waals surface area contributed by atoms with Crippen molar-refractivity contribution in [3.8, 4) is 0 Å². The average Bonchev–Trinajstić information content (AvgIpc) is 1.44. The van der Waals surface area contributed by atoms with Crippen LogP contribution in [0.2, 0.25) is 0 Å². The van der Waals surface area contributed by atoms with Crippen LogP contribution in [-0.4, -0.2) is 106 Å². The zero-order valence-electron chi connectivity index (χ0n) is 51.5. The third-order valence-corrected chi connectivity index (χ3v) is 31.3. The van der Waals surface area contributed by atoms with Crippen molar-refractivity contribution in [1.29, 1.82) is 0 Å². The maximum absolute atomic E-state index is 17.8. The van der Waals surface area contributed by atoms with Crippen LogP contribution in [0.4, 0.5) is 0 Å². The molecule has 17 aliphatic rings. The minimum atomic E-state index is -1.48. The van der Waals surface area contributed by atoms with E-state index < -0.39 is 80.7 Å². The summed E-state index contributed by atoms with van der Waals surface area (Å²) >= 11 is 0. The van der Waals surface area contributed by atoms with Crippen LogP contribution in [0.5, 0.6) is 0 Å². The summed E-state index contributed by atoms with van der Waals surface area (Å²) in [6.07, 6.45) is 26.5. The van der Waals surface area contributed by atoms with Gasteiger partial charge in [-0.15, -0.1) is 0 Å². The monoisotopic (exact) mass is 1190 g/mol. The number of aliphatic hydroxyl groups is 3. The number of fused-ring (bicyclic) bond motifs is 5. The van der Waals surface area contributed by atoms with Gasteiger partial charge in [0.2, 0.25) is 0 Å². The number of allylic oxidation sites excluding steroid dienone is 1. The lowest BCUT2D eigenvalue weighted by Gasteiger charge is -2.73. The predicted octanol–water partition coefficient (Wildman–Crippen LogP) is 10.4. The summed E-state index contributed by atoms with van der Waals surface area (Å²) < 4.78 is 37.3. The Morgan fingerprint density at radius 2 is 1.68 bits per heavy atom. The number of carbonyl (C=O) groups is 3. The first kappa shape index (κ1) is 54.8. The fourth-order valence-corrected chi connectivity index (χ4v) is 28.9. The van der Waals surface area contributed by atoms with Gasteiger partial charge < -0.3 is 43.6 Å². The number of ether oxygens (including phenoxy) is 4. The molecule has 6 spiro atoms. The standard InChI is InChI=1S/C74H94N2O11/c1-40-50-16-7-13-43(50)19-25-68(40)23-9-24-71-57(68)32-49-31-47-15-8-22-69(47)35-46-34-67(2)63(52-21-27-83-56(52)33-53(55(78)37-77)44-17-18-51-45(30-44)20-26-76-39-75-36-54(51)76)85-66(82)64-74(67,86-64)72(48-14-6-12-42(29-48)28-41-10-4-3-5-11-41)59(46)70(60(71)58(79)62(72)80)38-84-65(81)61(69)73(49,70)87-71/h3-5,10-11,20-21,26-27,32,40,42-48,50-51,53-55,57,59-64,75,77-78,80H,6-9,12-19,22-25,28-31,33-39H2,1-2H3/t40-,42+,43+,44+,45+,46-,47-,48-,50+,51-,53-,54-,55+,57+,59+,60-,61-,62+,63-,64+,67-,68+,69-,70+,71-,72-,73-,74+/m0/s1. The number of nitrogens with one attached hydrogen (secondary N) is 1. The van der Waals surface area contributed by atoms with E-state index in [-0.39, 0.29) is 77.7 Å². The largest absolute Gasteiger partial charge is 0.469 e. The molecule has 2 aromatic rings. The van der Waals surface area contributed by atoms with Gasteiger partial charge in [-0.05, 0) is 214 Å². The van der Waals surface area contributed by atoms with E-state index in [1.54, 1.807) is 6.26 Å². The molecule has 7 aliphatic heterocycles. The first-order valence-corrected chi connectivity index (χ1v) is 35.5. The Kier molecular flexibility index (Phi) is 11.6. The van der Waals surface area contributed by atoms with Crippen molar-refractivity contribution >= 4 is 17.7 Å². The molecule has 10 saturated carbocycles. The van der Waals surface area contributed by atoms with Crippen molar-refractivity contribution in [3.63, 3.8) is 0 Å². The van der Waals surface area contributed by atoms with Crippen molar-refractivity contribution in [3.05, 3.63) is 83.5 Å². The number of ketones is 1. The van der Waals surface area contributed by atoms with Gasteiger partial charge in [-0.25, -0.2) is 4.79 Å². The lowest BCUT2D eigenvalue weighted by Crippen LogP contribution is -2.82. The number of hydrogen-bond acceptors (Lipinski definition) is 13. The minimum absolute atomic E-state index is 0.0256. The van der Waals surface area contributed by atoms with E-state index in [4.69, 9.17) is 23.4 Å². The van der Waals surface area contributed by atoms with Crippen molar-refractivity contribution in [2.45, 2.75) is 209 Å². The second kappa shape index (κ2) is 18.5. The van der Waals surface area contributed by atoms with Crippen LogP contribution >= 0.6 is 0 Å². The zero-order valence-corrected chi connectivity index (χ0v) is 51.5. The van der Waals surface area contributed by atoms with E-state index >= 15 is 14.4 Å². The highest BCUT2D eigenvalue weighted by Gasteiger charge is 2.99. The summed E-state index contributed by atoms with van der Waals surface area (Å²) in [7, 11) is 0. The van der Waals surface area contributed by atoms with Crippen LogP contribution in [0.15, 0.2) is 71.0 Å². The van der Waals surface area contributed by atoms with Crippen LogP contribution in [0.25, 0.3) is 0 Å². The molecule has 0 unspecified atom stereocenters. The van der Waals surface area contributed by atoms with Gasteiger partial charge in [-0.2, -0.15) is 0 Å². The highest BCUT2D eigenvalue weighted by Crippen LogP contribution is 2.91. The number of rotatable bonds is 9. The third kappa shape index (κ3) is 6.40. The normalized spacial score (nSPS) is 53.7. The summed E-state index contributed by atoms with van der Waals surface area (Å²) in [5, 5.41) is 41.4. The van der Waals surface area contributed by atoms with Crippen LogP contribution in [0, 0.1) is 116 Å². The van der Waals surface area contributed by atoms with Gasteiger partial charge in [0.15, 0.2) is 11.9 Å². The summed E-state index contributed by atoms with van der Waals surface area (Å²) in [5.74, 6) is 0.907. The topological polar surface area (TPSA) is 181 Å². The molecule has 13 nitrogen and oxygen atoms in total. The number of nitrogens with zero attached hydrogens (tertiary/aromatic N) is 1. The molecule has 4 N–H and O–H groups in total. The molecule has 5 bridgehead atoms. The fourth-order valence-electron chi connectivity index (χ4n) is 28.9. The Hall–Kier alpha value is -3.85. The van der Waals surface area contributed by atoms with E-state index in [0.717, 1.165) is 134 Å². The van der Waals surface area contributed by atoms with E-state index in [1.807, 2.05) is 6.07 Å². The molecule has 19 rings (SSSR count). The SMILES string of the molecule is C[C@H]1[C@H]2CCC[C@@H]2CC[C@]12CCC[C@]13O[C@]45C(=C[C@H]21)C[C@@H]1CCC[C@]12C[C@@H]1C[C@@]6(C)[C@H](c7ccoc7C[C@@H]([C@@H]7CC[C@H]8[C@H](C=CN9CNC[C@@H]89)C7)[C@H](O)CO)OC(=O)[C@H]7O[C@]76[C@]6([C@H]7CCC[C@H](Cc8ccccc8)C7)[C@H](O)C(=O)[C@H]3[C@@]4(COC(=O)[C@@H]25)[C@@H]16. The second-order valence-corrected chi connectivity index (χ2v) is 33.4. The molecular weight excluding hydrogens is 1090 g/mol. The first-order valence-electron chi connectivity index (χ1n) is 35.5. The molecule has 5 saturated heterocycles. The van der Waals surface area contributed by atoms with Gasteiger partial charge in [0.1, 0.15) is 35.8 Å². The molecule has 10 aliphatic carbocycles. The number of aliphatic hydroxyl groups excluding tert-OH is 3. The van der Waals surface area contributed by atoms with Crippen molar-refractivity contribution in [2.24, 2.45) is 116 Å². The number of esters is 2. The average molecular weight is 1190 g/mol. The molecule has 15 fully saturated rings. The number of furan rings is 1. The maximum Gasteiger partial charge on any atom is 0.339 e. The Bertz CT molecular complexity index is 3270. The van der Waals surface area contributed by atoms with E-state index in [9.17, 15) is 15.3 Å². The Balaban J connectivity index is 0.800. The lowest BCUT2D eigenvalue weighted by atomic mass is 9.29. The quantitative estimate of drug-likeness (QED) is 0.106. The molecule has 0 radical (unpaired) electrons. The first-order chi connectivity index (χ1) is 42.2. The molecule has 28 atom stereocenters. The number of cyclic esters (lactones) is 2. The fraction of sp³-hybridized carbons (Fsp3) is 0.770. The van der Waals surface area contributed by atoms with E-state index in [1.165, 1.54) is 36.8 Å². The van der Waals surface area contributed by atoms with Gasteiger partial charge in [-0.1, -0.05) is 88.4 Å². The Labute approximate surface area is 513 Å². The number of epoxide rings is 1. The van der Waals surface area contributed by atoms with E-state index in [2.05, 4.69) is 72.7 Å². The molecule has 8 heterocycles. The third-order valence-electron chi connectivity index (χ3n) is 31.3. The molecule has 466 valence electrons. The van der Waals surface area contributed by atoms with Gasteiger partial charge in [-0.3, -0.25) is 14.9 Å². The van der Waals surface area contributed by atoms with Crippen LogP contribution in [0.3, 0.4) is 0 Å². The number of Topliss-reactive ketones (excluding diaryl/α,β-unsaturated/α-hetero) is 1. The summed E-state index contributed by atoms with van der Waals surface area (Å²) in [6.45, 7) is 6.43. The van der Waals surface area contributed by atoms with Crippen LogP contribution in [0.1, 0.15) is 172 Å². The number of benzene rings is 1. The maximum atomic E-state index is 17.8. The molecule has 13 heteroatoms. The minimum Gasteiger partial charge on any atom is -0.469 e. The summed E-state index contributed by atoms with van der Waals surface area (Å²) in [6, 6.07) is 13.3.